The first kappa shape index (κ1) is 18.3. The molecule has 1 unspecified atom stereocenters. The molecule has 1 atom stereocenters. The first-order chi connectivity index (χ1) is 12.5. The summed E-state index contributed by atoms with van der Waals surface area (Å²) in [6.45, 7) is -2.18. The van der Waals surface area contributed by atoms with E-state index in [0.29, 0.717) is 19.4 Å². The van der Waals surface area contributed by atoms with Gasteiger partial charge in [0.25, 0.3) is 0 Å². The molecule has 1 aliphatic heterocycles. The number of carbonyl (C=O) groups excluding carboxylic acids is 2. The van der Waals surface area contributed by atoms with E-state index in [9.17, 15) is 18.4 Å². The van der Waals surface area contributed by atoms with Crippen LogP contribution in [0.15, 0.2) is 41.8 Å². The molecule has 1 aliphatic rings. The van der Waals surface area contributed by atoms with E-state index in [4.69, 9.17) is 0 Å². The fraction of sp³-hybridized carbons (Fsp3) is 0.333. The van der Waals surface area contributed by atoms with Crippen LogP contribution in [0.25, 0.3) is 0 Å². The summed E-state index contributed by atoms with van der Waals surface area (Å²) in [6, 6.07) is 9.42. The highest BCUT2D eigenvalue weighted by Gasteiger charge is 2.35. The van der Waals surface area contributed by atoms with Gasteiger partial charge in [0.05, 0.1) is 6.54 Å². The number of ether oxygens (including phenoxy) is 1. The quantitative estimate of drug-likeness (QED) is 0.803. The molecule has 138 valence electrons. The number of benzene rings is 1. The van der Waals surface area contributed by atoms with Crippen LogP contribution < -0.4 is 10.1 Å². The van der Waals surface area contributed by atoms with Gasteiger partial charge in [0, 0.05) is 17.8 Å². The predicted molar refractivity (Wildman–Crippen MR) is 92.8 cm³/mol. The molecule has 1 aromatic carbocycles. The van der Waals surface area contributed by atoms with Crippen LogP contribution in [0.3, 0.4) is 0 Å². The van der Waals surface area contributed by atoms with Crippen LogP contribution in [0, 0.1) is 0 Å². The van der Waals surface area contributed by atoms with Crippen molar-refractivity contribution in [3.05, 3.63) is 52.2 Å². The van der Waals surface area contributed by atoms with Gasteiger partial charge in [-0.25, -0.2) is 0 Å². The first-order valence-corrected chi connectivity index (χ1v) is 9.04. The Balaban J connectivity index is 1.61. The molecule has 0 aliphatic carbocycles. The SMILES string of the molecule is O=C(NCc1cccs1)C1CCC(=O)N1Cc1ccc(OC(F)F)cc1. The fourth-order valence-electron chi connectivity index (χ4n) is 2.88. The van der Waals surface area contributed by atoms with Crippen molar-refractivity contribution in [3.8, 4) is 5.75 Å². The van der Waals surface area contributed by atoms with E-state index in [-0.39, 0.29) is 24.1 Å². The van der Waals surface area contributed by atoms with E-state index in [2.05, 4.69) is 10.1 Å². The summed E-state index contributed by atoms with van der Waals surface area (Å²) >= 11 is 1.56. The Bertz CT molecular complexity index is 750. The lowest BCUT2D eigenvalue weighted by Crippen LogP contribution is -2.44. The molecule has 5 nitrogen and oxygen atoms in total. The highest BCUT2D eigenvalue weighted by atomic mass is 32.1. The number of rotatable bonds is 7. The molecule has 0 saturated carbocycles. The third-order valence-electron chi connectivity index (χ3n) is 4.15. The summed E-state index contributed by atoms with van der Waals surface area (Å²) in [5, 5.41) is 4.81. The summed E-state index contributed by atoms with van der Waals surface area (Å²) in [4.78, 5) is 27.2. The van der Waals surface area contributed by atoms with E-state index < -0.39 is 12.7 Å². The lowest BCUT2D eigenvalue weighted by molar-refractivity contribution is -0.135. The standard InChI is InChI=1S/C18H18F2N2O3S/c19-18(20)25-13-5-3-12(4-6-13)11-22-15(7-8-16(22)23)17(24)21-10-14-2-1-9-26-14/h1-6,9,15,18H,7-8,10-11H2,(H,21,24). The Hall–Kier alpha value is -2.48. The number of thiophene rings is 1. The van der Waals surface area contributed by atoms with Crippen molar-refractivity contribution in [1.29, 1.82) is 0 Å². The Morgan fingerprint density at radius 2 is 2.08 bits per heavy atom. The van der Waals surface area contributed by atoms with E-state index in [0.717, 1.165) is 10.4 Å². The molecule has 2 heterocycles. The number of hydrogen-bond donors (Lipinski definition) is 1. The van der Waals surface area contributed by atoms with E-state index in [1.165, 1.54) is 17.0 Å². The van der Waals surface area contributed by atoms with Gasteiger partial charge in [0.2, 0.25) is 11.8 Å². The van der Waals surface area contributed by atoms with Crippen molar-refractivity contribution in [1.82, 2.24) is 10.2 Å². The number of nitrogens with zero attached hydrogens (tertiary/aromatic N) is 1. The largest absolute Gasteiger partial charge is 0.435 e. The van der Waals surface area contributed by atoms with Crippen molar-refractivity contribution in [2.45, 2.75) is 38.6 Å². The summed E-state index contributed by atoms with van der Waals surface area (Å²) in [5.41, 5.74) is 0.748. The maximum absolute atomic E-state index is 12.5. The van der Waals surface area contributed by atoms with Gasteiger partial charge in [-0.15, -0.1) is 11.3 Å². The zero-order valence-electron chi connectivity index (χ0n) is 13.9. The van der Waals surface area contributed by atoms with Crippen molar-refractivity contribution in [2.75, 3.05) is 0 Å². The molecule has 2 aromatic rings. The van der Waals surface area contributed by atoms with E-state index in [1.807, 2.05) is 17.5 Å². The Morgan fingerprint density at radius 1 is 1.31 bits per heavy atom. The Morgan fingerprint density at radius 3 is 2.73 bits per heavy atom. The zero-order valence-corrected chi connectivity index (χ0v) is 14.7. The Kier molecular flexibility index (Phi) is 5.82. The number of amides is 2. The number of alkyl halides is 2. The maximum Gasteiger partial charge on any atom is 0.387 e. The number of carbonyl (C=O) groups is 2. The van der Waals surface area contributed by atoms with Crippen LogP contribution in [-0.2, 0) is 22.7 Å². The minimum atomic E-state index is -2.88. The lowest BCUT2D eigenvalue weighted by atomic mass is 10.1. The van der Waals surface area contributed by atoms with Gasteiger partial charge in [0.15, 0.2) is 0 Å². The smallest absolute Gasteiger partial charge is 0.387 e. The minimum absolute atomic E-state index is 0.0572. The highest BCUT2D eigenvalue weighted by Crippen LogP contribution is 2.23. The molecule has 0 radical (unpaired) electrons. The maximum atomic E-state index is 12.5. The van der Waals surface area contributed by atoms with E-state index in [1.54, 1.807) is 23.5 Å². The highest BCUT2D eigenvalue weighted by molar-refractivity contribution is 7.09. The summed E-state index contributed by atoms with van der Waals surface area (Å²) < 4.78 is 28.7. The number of hydrogen-bond acceptors (Lipinski definition) is 4. The van der Waals surface area contributed by atoms with Crippen molar-refractivity contribution < 1.29 is 23.1 Å². The minimum Gasteiger partial charge on any atom is -0.435 e. The Labute approximate surface area is 153 Å². The molecular formula is C18H18F2N2O3S. The first-order valence-electron chi connectivity index (χ1n) is 8.16. The van der Waals surface area contributed by atoms with Crippen LogP contribution in [0.5, 0.6) is 5.75 Å². The van der Waals surface area contributed by atoms with Gasteiger partial charge in [-0.3, -0.25) is 9.59 Å². The second kappa shape index (κ2) is 8.27. The van der Waals surface area contributed by atoms with Gasteiger partial charge >= 0.3 is 6.61 Å². The van der Waals surface area contributed by atoms with Crippen molar-refractivity contribution >= 4 is 23.2 Å². The summed E-state index contributed by atoms with van der Waals surface area (Å²) in [7, 11) is 0. The van der Waals surface area contributed by atoms with Crippen LogP contribution >= 0.6 is 11.3 Å². The molecule has 26 heavy (non-hydrogen) atoms. The van der Waals surface area contributed by atoms with Gasteiger partial charge in [0.1, 0.15) is 11.8 Å². The monoisotopic (exact) mass is 380 g/mol. The third kappa shape index (κ3) is 4.57. The van der Waals surface area contributed by atoms with Crippen molar-refractivity contribution in [3.63, 3.8) is 0 Å². The van der Waals surface area contributed by atoms with E-state index >= 15 is 0 Å². The van der Waals surface area contributed by atoms with Crippen molar-refractivity contribution in [2.24, 2.45) is 0 Å². The molecule has 8 heteroatoms. The van der Waals surface area contributed by atoms with Gasteiger partial charge in [-0.05, 0) is 35.6 Å². The molecule has 1 fully saturated rings. The predicted octanol–water partition coefficient (Wildman–Crippen LogP) is 3.16. The molecule has 2 amide bonds. The van der Waals surface area contributed by atoms with Crippen LogP contribution in [0.1, 0.15) is 23.3 Å². The van der Waals surface area contributed by atoms with Gasteiger partial charge < -0.3 is 15.0 Å². The number of halogens is 2. The molecular weight excluding hydrogens is 362 g/mol. The zero-order chi connectivity index (χ0) is 18.5. The normalized spacial score (nSPS) is 17.0. The van der Waals surface area contributed by atoms with Crippen LogP contribution in [0.2, 0.25) is 0 Å². The second-order valence-corrected chi connectivity index (χ2v) is 6.93. The third-order valence-corrected chi connectivity index (χ3v) is 5.03. The summed E-state index contributed by atoms with van der Waals surface area (Å²) in [6.07, 6.45) is 0.797. The molecule has 1 N–H and O–H groups in total. The second-order valence-electron chi connectivity index (χ2n) is 5.90. The average Bonchev–Trinajstić information content (AvgIpc) is 3.25. The van der Waals surface area contributed by atoms with Crippen LogP contribution in [0.4, 0.5) is 8.78 Å². The number of nitrogens with one attached hydrogen (secondary N) is 1. The fourth-order valence-corrected chi connectivity index (χ4v) is 3.53. The van der Waals surface area contributed by atoms with Crippen LogP contribution in [-0.4, -0.2) is 29.4 Å². The average molecular weight is 380 g/mol. The molecule has 3 rings (SSSR count). The van der Waals surface area contributed by atoms with Gasteiger partial charge in [-0.1, -0.05) is 18.2 Å². The topological polar surface area (TPSA) is 58.6 Å². The number of likely N-dealkylation sites (tertiary alicyclic amines) is 1. The summed E-state index contributed by atoms with van der Waals surface area (Å²) in [5.74, 6) is -0.210. The molecule has 0 spiro atoms. The lowest BCUT2D eigenvalue weighted by Gasteiger charge is -2.24. The van der Waals surface area contributed by atoms with Gasteiger partial charge in [-0.2, -0.15) is 8.78 Å². The molecule has 0 bridgehead atoms. The molecule has 1 saturated heterocycles. The molecule has 1 aromatic heterocycles.